The Hall–Kier alpha value is -1.84. The van der Waals surface area contributed by atoms with Gasteiger partial charge in [0.05, 0.1) is 7.11 Å². The van der Waals surface area contributed by atoms with Gasteiger partial charge in [0.2, 0.25) is 5.91 Å². The van der Waals surface area contributed by atoms with E-state index >= 15 is 0 Å². The lowest BCUT2D eigenvalue weighted by atomic mass is 9.92. The number of ether oxygens (including phenoxy) is 1. The van der Waals surface area contributed by atoms with Gasteiger partial charge in [0, 0.05) is 6.42 Å². The first-order valence-electron chi connectivity index (χ1n) is 7.90. The van der Waals surface area contributed by atoms with Crippen molar-refractivity contribution in [2.24, 2.45) is 5.92 Å². The van der Waals surface area contributed by atoms with Crippen LogP contribution in [0.2, 0.25) is 0 Å². The van der Waals surface area contributed by atoms with E-state index in [9.17, 15) is 9.59 Å². The van der Waals surface area contributed by atoms with Crippen molar-refractivity contribution in [1.29, 1.82) is 0 Å². The van der Waals surface area contributed by atoms with E-state index in [0.717, 1.165) is 12.0 Å². The summed E-state index contributed by atoms with van der Waals surface area (Å²) in [6.45, 7) is 6.10. The van der Waals surface area contributed by atoms with E-state index in [1.807, 2.05) is 44.2 Å². The molecule has 1 aromatic carbocycles. The molecule has 0 saturated heterocycles. The molecule has 1 amide bonds. The number of benzene rings is 1. The van der Waals surface area contributed by atoms with Crippen molar-refractivity contribution in [3.8, 4) is 0 Å². The molecule has 122 valence electrons. The second-order valence-corrected chi connectivity index (χ2v) is 5.99. The zero-order valence-corrected chi connectivity index (χ0v) is 14.0. The molecule has 0 aliphatic carbocycles. The lowest BCUT2D eigenvalue weighted by Gasteiger charge is -2.20. The van der Waals surface area contributed by atoms with E-state index in [0.29, 0.717) is 18.8 Å². The van der Waals surface area contributed by atoms with Crippen molar-refractivity contribution in [2.75, 3.05) is 7.11 Å². The standard InChI is InChI=1S/C18H27NO3/c1-5-14(15-9-7-6-8-10-15)12-17(20)19-16(11-13(2)3)18(21)22-4/h6-10,13-14,16H,5,11-12H2,1-4H3,(H,19,20). The summed E-state index contributed by atoms with van der Waals surface area (Å²) in [6, 6.07) is 9.43. The third-order valence-corrected chi connectivity index (χ3v) is 3.72. The van der Waals surface area contributed by atoms with Gasteiger partial charge in [0.1, 0.15) is 6.04 Å². The minimum atomic E-state index is -0.564. The van der Waals surface area contributed by atoms with Crippen LogP contribution in [0.4, 0.5) is 0 Å². The average molecular weight is 305 g/mol. The van der Waals surface area contributed by atoms with Crippen molar-refractivity contribution < 1.29 is 14.3 Å². The Morgan fingerprint density at radius 2 is 1.82 bits per heavy atom. The van der Waals surface area contributed by atoms with E-state index in [2.05, 4.69) is 12.2 Å². The Balaban J connectivity index is 2.67. The quantitative estimate of drug-likeness (QED) is 0.750. The minimum Gasteiger partial charge on any atom is -0.467 e. The number of amides is 1. The number of carbonyl (C=O) groups is 2. The van der Waals surface area contributed by atoms with Crippen molar-refractivity contribution in [3.63, 3.8) is 0 Å². The van der Waals surface area contributed by atoms with Gasteiger partial charge in [-0.05, 0) is 30.2 Å². The predicted molar refractivity (Wildman–Crippen MR) is 87.5 cm³/mol. The average Bonchev–Trinajstić information content (AvgIpc) is 2.51. The lowest BCUT2D eigenvalue weighted by molar-refractivity contribution is -0.145. The zero-order valence-electron chi connectivity index (χ0n) is 14.0. The molecule has 4 nitrogen and oxygen atoms in total. The smallest absolute Gasteiger partial charge is 0.328 e. The largest absolute Gasteiger partial charge is 0.467 e. The molecule has 22 heavy (non-hydrogen) atoms. The van der Waals surface area contributed by atoms with Gasteiger partial charge in [-0.3, -0.25) is 4.79 Å². The van der Waals surface area contributed by atoms with E-state index in [4.69, 9.17) is 4.74 Å². The highest BCUT2D eigenvalue weighted by atomic mass is 16.5. The van der Waals surface area contributed by atoms with Gasteiger partial charge < -0.3 is 10.1 Å². The van der Waals surface area contributed by atoms with Crippen molar-refractivity contribution in [1.82, 2.24) is 5.32 Å². The van der Waals surface area contributed by atoms with Crippen LogP contribution in [0.5, 0.6) is 0 Å². The van der Waals surface area contributed by atoms with Gasteiger partial charge in [-0.2, -0.15) is 0 Å². The van der Waals surface area contributed by atoms with Crippen LogP contribution in [0.25, 0.3) is 0 Å². The molecule has 0 fully saturated rings. The molecule has 0 aliphatic heterocycles. The van der Waals surface area contributed by atoms with Gasteiger partial charge in [-0.15, -0.1) is 0 Å². The third kappa shape index (κ3) is 5.88. The molecule has 2 atom stereocenters. The molecule has 0 aromatic heterocycles. The van der Waals surface area contributed by atoms with Crippen LogP contribution >= 0.6 is 0 Å². The van der Waals surface area contributed by atoms with Gasteiger partial charge >= 0.3 is 5.97 Å². The molecule has 2 unspecified atom stereocenters. The summed E-state index contributed by atoms with van der Waals surface area (Å²) >= 11 is 0. The number of carbonyl (C=O) groups excluding carboxylic acids is 2. The highest BCUT2D eigenvalue weighted by Gasteiger charge is 2.24. The topological polar surface area (TPSA) is 55.4 Å². The Morgan fingerprint density at radius 1 is 1.18 bits per heavy atom. The maximum Gasteiger partial charge on any atom is 0.328 e. The maximum absolute atomic E-state index is 12.3. The monoisotopic (exact) mass is 305 g/mol. The summed E-state index contributed by atoms with van der Waals surface area (Å²) in [5, 5.41) is 2.82. The molecule has 1 rings (SSSR count). The second-order valence-electron chi connectivity index (χ2n) is 5.99. The van der Waals surface area contributed by atoms with E-state index in [1.165, 1.54) is 7.11 Å². The fraction of sp³-hybridized carbons (Fsp3) is 0.556. The molecular formula is C18H27NO3. The van der Waals surface area contributed by atoms with Crippen molar-refractivity contribution in [3.05, 3.63) is 35.9 Å². The van der Waals surface area contributed by atoms with Gasteiger partial charge in [0.15, 0.2) is 0 Å². The highest BCUT2D eigenvalue weighted by Crippen LogP contribution is 2.23. The van der Waals surface area contributed by atoms with Crippen LogP contribution in [-0.4, -0.2) is 25.0 Å². The summed E-state index contributed by atoms with van der Waals surface area (Å²) in [7, 11) is 1.35. The predicted octanol–water partition coefficient (Wildman–Crippen LogP) is 3.27. The second kappa shape index (κ2) is 9.23. The fourth-order valence-corrected chi connectivity index (χ4v) is 2.53. The van der Waals surface area contributed by atoms with Crippen LogP contribution in [0, 0.1) is 5.92 Å². The highest BCUT2D eigenvalue weighted by molar-refractivity contribution is 5.84. The molecule has 1 aromatic rings. The van der Waals surface area contributed by atoms with Gasteiger partial charge in [0.25, 0.3) is 0 Å². The van der Waals surface area contributed by atoms with E-state index in [1.54, 1.807) is 0 Å². The SMILES string of the molecule is CCC(CC(=O)NC(CC(C)C)C(=O)OC)c1ccccc1. The molecule has 0 radical (unpaired) electrons. The summed E-state index contributed by atoms with van der Waals surface area (Å²) in [5.74, 6) is -0.0133. The number of nitrogens with one attached hydrogen (secondary N) is 1. The summed E-state index contributed by atoms with van der Waals surface area (Å²) < 4.78 is 4.78. The molecule has 0 spiro atoms. The third-order valence-electron chi connectivity index (χ3n) is 3.72. The molecule has 0 saturated carbocycles. The summed E-state index contributed by atoms with van der Waals surface area (Å²) in [4.78, 5) is 24.1. The fourth-order valence-electron chi connectivity index (χ4n) is 2.53. The van der Waals surface area contributed by atoms with Gasteiger partial charge in [-0.25, -0.2) is 4.79 Å². The first-order valence-corrected chi connectivity index (χ1v) is 7.90. The first kappa shape index (κ1) is 18.2. The lowest BCUT2D eigenvalue weighted by Crippen LogP contribution is -2.42. The Labute approximate surface area is 133 Å². The summed E-state index contributed by atoms with van der Waals surface area (Å²) in [5.41, 5.74) is 1.15. The molecule has 0 heterocycles. The zero-order chi connectivity index (χ0) is 16.5. The number of hydrogen-bond acceptors (Lipinski definition) is 3. The maximum atomic E-state index is 12.3. The normalized spacial score (nSPS) is 13.5. The van der Waals surface area contributed by atoms with Crippen molar-refractivity contribution >= 4 is 11.9 Å². The van der Waals surface area contributed by atoms with E-state index < -0.39 is 6.04 Å². The van der Waals surface area contributed by atoms with Crippen LogP contribution in [0.3, 0.4) is 0 Å². The summed E-state index contributed by atoms with van der Waals surface area (Å²) in [6.07, 6.45) is 1.84. The Morgan fingerprint density at radius 3 is 2.32 bits per heavy atom. The molecule has 1 N–H and O–H groups in total. The van der Waals surface area contributed by atoms with Gasteiger partial charge in [-0.1, -0.05) is 51.1 Å². The number of hydrogen-bond donors (Lipinski definition) is 1. The molecule has 0 aliphatic rings. The van der Waals surface area contributed by atoms with Crippen LogP contribution in [-0.2, 0) is 14.3 Å². The Kier molecular flexibility index (Phi) is 7.64. The van der Waals surface area contributed by atoms with Crippen LogP contribution < -0.4 is 5.32 Å². The molecule has 0 bridgehead atoms. The Bertz CT molecular complexity index is 470. The van der Waals surface area contributed by atoms with Crippen LogP contribution in [0.1, 0.15) is 51.5 Å². The molecule has 4 heteroatoms. The first-order chi connectivity index (χ1) is 10.5. The number of rotatable bonds is 8. The molecular weight excluding hydrogens is 278 g/mol. The van der Waals surface area contributed by atoms with E-state index in [-0.39, 0.29) is 17.8 Å². The minimum absolute atomic E-state index is 0.105. The van der Waals surface area contributed by atoms with Crippen LogP contribution in [0.15, 0.2) is 30.3 Å². The number of methoxy groups -OCH3 is 1. The van der Waals surface area contributed by atoms with Crippen molar-refractivity contribution in [2.45, 2.75) is 52.0 Å². The number of esters is 1.